The number of esters is 1. The molecule has 0 radical (unpaired) electrons. The van der Waals surface area contributed by atoms with Gasteiger partial charge < -0.3 is 10.5 Å². The van der Waals surface area contributed by atoms with Crippen LogP contribution in [0, 0.1) is 0 Å². The fraction of sp³-hybridized carbons (Fsp3) is 0.308. The highest BCUT2D eigenvalue weighted by Gasteiger charge is 2.41. The van der Waals surface area contributed by atoms with E-state index in [1.165, 1.54) is 6.92 Å². The lowest BCUT2D eigenvalue weighted by atomic mass is 9.93. The second-order valence-corrected chi connectivity index (χ2v) is 9.15. The van der Waals surface area contributed by atoms with E-state index in [1.807, 2.05) is 0 Å². The monoisotopic (exact) mass is 690 g/mol. The van der Waals surface area contributed by atoms with Gasteiger partial charge in [-0.25, -0.2) is 4.79 Å². The number of ketones is 1. The van der Waals surface area contributed by atoms with Crippen LogP contribution in [0.5, 0.6) is 0 Å². The summed E-state index contributed by atoms with van der Waals surface area (Å²) >= 11 is 12.2. The standard InChI is InChI=1S/C26H28Cl2N4O4.2BrH/c1-3-36-25(35)26(30,14-4-5-15-29)32-24(34)21(16(2)33)22(17-6-10-19(27)11-7-17)23(31-32)18-8-12-20(28)13-9-18;;/h6-13H,3-5,14-15,29-30H2,1-2H3;2*1H/t26-;;/m1../s1. The predicted molar refractivity (Wildman–Crippen MR) is 162 cm³/mol. The van der Waals surface area contributed by atoms with Gasteiger partial charge in [0.1, 0.15) is 0 Å². The van der Waals surface area contributed by atoms with Crippen LogP contribution >= 0.6 is 57.2 Å². The molecular weight excluding hydrogens is 663 g/mol. The number of ether oxygens (including phenoxy) is 1. The highest BCUT2D eigenvalue weighted by Crippen LogP contribution is 2.34. The number of hydrogen-bond acceptors (Lipinski definition) is 7. The summed E-state index contributed by atoms with van der Waals surface area (Å²) in [7, 11) is 0. The first-order valence-corrected chi connectivity index (χ1v) is 12.3. The molecule has 0 aliphatic rings. The molecule has 2 aromatic carbocycles. The molecule has 0 aliphatic carbocycles. The number of halogens is 4. The summed E-state index contributed by atoms with van der Waals surface area (Å²) in [5.74, 6) is -1.34. The Kier molecular flexibility index (Phi) is 13.3. The minimum Gasteiger partial charge on any atom is -0.463 e. The molecule has 38 heavy (non-hydrogen) atoms. The zero-order valence-electron chi connectivity index (χ0n) is 20.9. The molecule has 12 heteroatoms. The van der Waals surface area contributed by atoms with Crippen LogP contribution in [0.25, 0.3) is 22.4 Å². The number of nitrogens with zero attached hydrogens (tertiary/aromatic N) is 2. The quantitative estimate of drug-likeness (QED) is 0.162. The Morgan fingerprint density at radius 3 is 1.97 bits per heavy atom. The summed E-state index contributed by atoms with van der Waals surface area (Å²) in [6.45, 7) is 3.35. The normalized spacial score (nSPS) is 12.1. The number of aromatic nitrogens is 2. The molecule has 3 rings (SSSR count). The fourth-order valence-corrected chi connectivity index (χ4v) is 4.17. The fourth-order valence-electron chi connectivity index (χ4n) is 3.92. The number of nitrogens with two attached hydrogens (primary N) is 2. The van der Waals surface area contributed by atoms with Gasteiger partial charge in [0, 0.05) is 21.2 Å². The topological polar surface area (TPSA) is 130 Å². The zero-order chi connectivity index (χ0) is 26.5. The largest absolute Gasteiger partial charge is 0.463 e. The maximum absolute atomic E-state index is 13.8. The van der Waals surface area contributed by atoms with Crippen molar-refractivity contribution in [3.05, 3.63) is 74.5 Å². The number of carbonyl (C=O) groups excluding carboxylic acids is 2. The molecule has 1 aromatic heterocycles. The summed E-state index contributed by atoms with van der Waals surface area (Å²) in [6.07, 6.45) is 1.04. The lowest BCUT2D eigenvalue weighted by Crippen LogP contribution is -2.57. The van der Waals surface area contributed by atoms with Crippen molar-refractivity contribution in [2.75, 3.05) is 13.2 Å². The van der Waals surface area contributed by atoms with Crippen LogP contribution in [0.15, 0.2) is 53.3 Å². The van der Waals surface area contributed by atoms with Crippen molar-refractivity contribution in [1.29, 1.82) is 0 Å². The van der Waals surface area contributed by atoms with E-state index in [0.29, 0.717) is 46.1 Å². The molecule has 4 N–H and O–H groups in total. The summed E-state index contributed by atoms with van der Waals surface area (Å²) in [5, 5.41) is 5.57. The number of hydrogen-bond donors (Lipinski definition) is 2. The van der Waals surface area contributed by atoms with E-state index in [2.05, 4.69) is 5.10 Å². The first-order chi connectivity index (χ1) is 17.1. The summed E-state index contributed by atoms with van der Waals surface area (Å²) in [5.41, 5.74) is 11.0. The van der Waals surface area contributed by atoms with Crippen LogP contribution in [0.2, 0.25) is 10.0 Å². The molecule has 0 bridgehead atoms. The van der Waals surface area contributed by atoms with E-state index in [0.717, 1.165) is 4.68 Å². The number of unbranched alkanes of at least 4 members (excludes halogenated alkanes) is 1. The van der Waals surface area contributed by atoms with Crippen molar-refractivity contribution in [3.63, 3.8) is 0 Å². The number of Topliss-reactive ketones (excluding diaryl/α,β-unsaturated/α-hetero) is 1. The van der Waals surface area contributed by atoms with Gasteiger partial charge in [-0.1, -0.05) is 47.5 Å². The van der Waals surface area contributed by atoms with Crippen LogP contribution < -0.4 is 17.0 Å². The number of carbonyl (C=O) groups is 2. The summed E-state index contributed by atoms with van der Waals surface area (Å²) in [4.78, 5) is 39.8. The predicted octanol–water partition coefficient (Wildman–Crippen LogP) is 5.55. The van der Waals surface area contributed by atoms with Crippen LogP contribution in [0.3, 0.4) is 0 Å². The molecule has 3 aromatic rings. The third-order valence-corrected chi connectivity index (χ3v) is 6.22. The van der Waals surface area contributed by atoms with E-state index in [9.17, 15) is 14.4 Å². The van der Waals surface area contributed by atoms with Gasteiger partial charge in [-0.3, -0.25) is 15.3 Å². The zero-order valence-corrected chi connectivity index (χ0v) is 25.8. The van der Waals surface area contributed by atoms with Gasteiger partial charge in [0.2, 0.25) is 5.66 Å². The molecule has 0 saturated carbocycles. The average Bonchev–Trinajstić information content (AvgIpc) is 2.84. The van der Waals surface area contributed by atoms with Gasteiger partial charge in [-0.05, 0) is 69.5 Å². The molecule has 0 fully saturated rings. The van der Waals surface area contributed by atoms with E-state index in [-0.39, 0.29) is 58.2 Å². The summed E-state index contributed by atoms with van der Waals surface area (Å²) in [6, 6.07) is 13.4. The molecule has 1 atom stereocenters. The van der Waals surface area contributed by atoms with E-state index in [4.69, 9.17) is 39.4 Å². The van der Waals surface area contributed by atoms with Crippen molar-refractivity contribution in [3.8, 4) is 22.4 Å². The Hall–Kier alpha value is -2.08. The molecule has 1 heterocycles. The summed E-state index contributed by atoms with van der Waals surface area (Å²) < 4.78 is 6.10. The Labute approximate surface area is 252 Å². The van der Waals surface area contributed by atoms with Crippen molar-refractivity contribution in [2.24, 2.45) is 11.5 Å². The first-order valence-electron chi connectivity index (χ1n) is 11.5. The molecule has 206 valence electrons. The van der Waals surface area contributed by atoms with Gasteiger partial charge in [-0.2, -0.15) is 9.78 Å². The second-order valence-electron chi connectivity index (χ2n) is 8.28. The van der Waals surface area contributed by atoms with Crippen molar-refractivity contribution in [1.82, 2.24) is 9.78 Å². The number of benzene rings is 2. The van der Waals surface area contributed by atoms with Crippen molar-refractivity contribution in [2.45, 2.75) is 38.8 Å². The highest BCUT2D eigenvalue weighted by molar-refractivity contribution is 8.93. The third-order valence-electron chi connectivity index (χ3n) is 5.71. The third kappa shape index (κ3) is 7.31. The van der Waals surface area contributed by atoms with Crippen LogP contribution in [-0.4, -0.2) is 34.7 Å². The SMILES string of the molecule is Br.Br.CCOC(=O)[C@@](N)(CCCCN)n1nc(-c2ccc(Cl)cc2)c(-c2ccc(Cl)cc2)c(C(C)=O)c1=O. The van der Waals surface area contributed by atoms with Gasteiger partial charge in [0.15, 0.2) is 5.78 Å². The highest BCUT2D eigenvalue weighted by atomic mass is 79.9. The lowest BCUT2D eigenvalue weighted by Gasteiger charge is -2.29. The molecule has 0 saturated heterocycles. The van der Waals surface area contributed by atoms with Gasteiger partial charge in [-0.15, -0.1) is 34.0 Å². The number of rotatable bonds is 10. The molecule has 8 nitrogen and oxygen atoms in total. The smallest absolute Gasteiger partial charge is 0.349 e. The van der Waals surface area contributed by atoms with Crippen LogP contribution in [-0.2, 0) is 15.2 Å². The van der Waals surface area contributed by atoms with Crippen LogP contribution in [0.1, 0.15) is 43.5 Å². The Morgan fingerprint density at radius 1 is 0.974 bits per heavy atom. The van der Waals surface area contributed by atoms with Gasteiger partial charge in [0.05, 0.1) is 17.9 Å². The van der Waals surface area contributed by atoms with E-state index < -0.39 is 23.0 Å². The Bertz CT molecular complexity index is 1320. The van der Waals surface area contributed by atoms with Crippen molar-refractivity contribution < 1.29 is 14.3 Å². The van der Waals surface area contributed by atoms with Crippen molar-refractivity contribution >= 4 is 68.9 Å². The van der Waals surface area contributed by atoms with E-state index >= 15 is 0 Å². The van der Waals surface area contributed by atoms with E-state index in [1.54, 1.807) is 55.5 Å². The van der Waals surface area contributed by atoms with Gasteiger partial charge >= 0.3 is 5.97 Å². The Balaban J connectivity index is 0.00000361. The molecule has 0 unspecified atom stereocenters. The first kappa shape index (κ1) is 33.9. The Morgan fingerprint density at radius 2 is 1.50 bits per heavy atom. The van der Waals surface area contributed by atoms with Gasteiger partial charge in [0.25, 0.3) is 5.56 Å². The second kappa shape index (κ2) is 14.9. The maximum Gasteiger partial charge on any atom is 0.349 e. The molecular formula is C26H30Br2Cl2N4O4. The molecule has 0 aliphatic heterocycles. The molecule has 0 spiro atoms. The lowest BCUT2D eigenvalue weighted by molar-refractivity contribution is -0.155. The van der Waals surface area contributed by atoms with Crippen LogP contribution in [0.4, 0.5) is 0 Å². The maximum atomic E-state index is 13.8. The average molecular weight is 693 g/mol. The minimum absolute atomic E-state index is 0. The minimum atomic E-state index is -1.95. The molecule has 0 amide bonds.